The minimum Gasteiger partial charge on any atom is -0.455 e. The van der Waals surface area contributed by atoms with Gasteiger partial charge in [-0.2, -0.15) is 5.10 Å². The fourth-order valence-electron chi connectivity index (χ4n) is 2.04. The number of aromatic nitrogens is 1. The summed E-state index contributed by atoms with van der Waals surface area (Å²) in [4.78, 5) is 16.0. The molecule has 3 aromatic rings. The summed E-state index contributed by atoms with van der Waals surface area (Å²) >= 11 is 5.97. The van der Waals surface area contributed by atoms with E-state index in [-0.39, 0.29) is 5.91 Å². The van der Waals surface area contributed by atoms with E-state index >= 15 is 0 Å². The number of hydrogen-bond donors (Lipinski definition) is 1. The molecule has 0 aliphatic carbocycles. The van der Waals surface area contributed by atoms with Gasteiger partial charge < -0.3 is 4.42 Å². The van der Waals surface area contributed by atoms with Gasteiger partial charge in [0.1, 0.15) is 11.5 Å². The molecule has 0 saturated carbocycles. The number of carbonyl (C=O) groups excluding carboxylic acids is 1. The van der Waals surface area contributed by atoms with Crippen molar-refractivity contribution in [2.75, 3.05) is 0 Å². The van der Waals surface area contributed by atoms with Gasteiger partial charge in [-0.15, -0.1) is 0 Å². The molecule has 0 saturated heterocycles. The first-order valence-corrected chi connectivity index (χ1v) is 7.61. The van der Waals surface area contributed by atoms with Gasteiger partial charge in [-0.1, -0.05) is 23.7 Å². The second-order valence-electron chi connectivity index (χ2n) is 5.10. The smallest absolute Gasteiger partial charge is 0.272 e. The van der Waals surface area contributed by atoms with Gasteiger partial charge in [-0.3, -0.25) is 9.78 Å². The molecule has 0 aliphatic heterocycles. The van der Waals surface area contributed by atoms with Crippen LogP contribution in [0.4, 0.5) is 0 Å². The highest BCUT2D eigenvalue weighted by Crippen LogP contribution is 2.24. The van der Waals surface area contributed by atoms with Gasteiger partial charge in [-0.05, 0) is 43.3 Å². The van der Waals surface area contributed by atoms with Crippen LogP contribution in [0.15, 0.2) is 64.2 Å². The van der Waals surface area contributed by atoms with Crippen molar-refractivity contribution in [3.05, 3.63) is 76.8 Å². The average Bonchev–Trinajstić information content (AvgIpc) is 3.04. The lowest BCUT2D eigenvalue weighted by Gasteiger charge is -1.99. The Morgan fingerprint density at radius 2 is 2.12 bits per heavy atom. The zero-order valence-electron chi connectivity index (χ0n) is 12.9. The van der Waals surface area contributed by atoms with Crippen molar-refractivity contribution in [2.24, 2.45) is 5.10 Å². The molecular formula is C18H14ClN3O2. The number of benzene rings is 1. The number of amides is 1. The van der Waals surface area contributed by atoms with Gasteiger partial charge in [0.05, 0.1) is 11.8 Å². The van der Waals surface area contributed by atoms with Gasteiger partial charge in [0.25, 0.3) is 5.91 Å². The van der Waals surface area contributed by atoms with Gasteiger partial charge in [0, 0.05) is 22.5 Å². The van der Waals surface area contributed by atoms with Crippen LogP contribution in [0.5, 0.6) is 0 Å². The van der Waals surface area contributed by atoms with E-state index in [9.17, 15) is 4.79 Å². The van der Waals surface area contributed by atoms with E-state index in [1.807, 2.05) is 31.2 Å². The molecule has 2 aromatic heterocycles. The number of hydrazone groups is 1. The highest BCUT2D eigenvalue weighted by molar-refractivity contribution is 6.30. The maximum atomic E-state index is 11.9. The van der Waals surface area contributed by atoms with Crippen molar-refractivity contribution >= 4 is 23.7 Å². The molecule has 24 heavy (non-hydrogen) atoms. The van der Waals surface area contributed by atoms with Crippen LogP contribution in [0.2, 0.25) is 5.02 Å². The molecule has 0 atom stereocenters. The highest BCUT2D eigenvalue weighted by atomic mass is 35.5. The monoisotopic (exact) mass is 339 g/mol. The highest BCUT2D eigenvalue weighted by Gasteiger charge is 2.05. The summed E-state index contributed by atoms with van der Waals surface area (Å²) in [6.07, 6.45) is 2.94. The minimum absolute atomic E-state index is 0.333. The fraction of sp³-hybridized carbons (Fsp3) is 0.0556. The molecule has 5 nitrogen and oxygen atoms in total. The number of hydrogen-bond acceptors (Lipinski definition) is 4. The van der Waals surface area contributed by atoms with Crippen LogP contribution in [-0.4, -0.2) is 17.1 Å². The Hall–Kier alpha value is -2.92. The molecule has 1 amide bonds. The third kappa shape index (κ3) is 3.88. The third-order valence-corrected chi connectivity index (χ3v) is 3.50. The largest absolute Gasteiger partial charge is 0.455 e. The average molecular weight is 340 g/mol. The number of aryl methyl sites for hydroxylation is 1. The molecule has 0 spiro atoms. The molecule has 0 aliphatic rings. The number of nitrogens with zero attached hydrogens (tertiary/aromatic N) is 2. The Kier molecular flexibility index (Phi) is 4.72. The van der Waals surface area contributed by atoms with E-state index in [0.29, 0.717) is 22.1 Å². The van der Waals surface area contributed by atoms with Crippen molar-refractivity contribution < 1.29 is 9.21 Å². The predicted molar refractivity (Wildman–Crippen MR) is 93.2 cm³/mol. The van der Waals surface area contributed by atoms with Crippen LogP contribution in [0.25, 0.3) is 11.3 Å². The van der Waals surface area contributed by atoms with E-state index in [2.05, 4.69) is 15.5 Å². The second-order valence-corrected chi connectivity index (χ2v) is 5.54. The Morgan fingerprint density at radius 1 is 1.25 bits per heavy atom. The standard InChI is InChI=1S/C18H14ClN3O2/c1-12-5-6-14(10-20-12)18(23)22-21-11-16-7-8-17(24-16)13-3-2-4-15(19)9-13/h2-11H,1H3,(H,22,23). The van der Waals surface area contributed by atoms with Crippen molar-refractivity contribution in [1.82, 2.24) is 10.4 Å². The van der Waals surface area contributed by atoms with Gasteiger partial charge in [0.2, 0.25) is 0 Å². The van der Waals surface area contributed by atoms with Gasteiger partial charge in [-0.25, -0.2) is 5.43 Å². The topological polar surface area (TPSA) is 67.5 Å². The van der Waals surface area contributed by atoms with Crippen LogP contribution in [0.3, 0.4) is 0 Å². The third-order valence-electron chi connectivity index (χ3n) is 3.27. The summed E-state index contributed by atoms with van der Waals surface area (Å²) in [6.45, 7) is 1.86. The lowest BCUT2D eigenvalue weighted by atomic mass is 10.2. The summed E-state index contributed by atoms with van der Waals surface area (Å²) in [5, 5.41) is 4.53. The first-order chi connectivity index (χ1) is 11.6. The Morgan fingerprint density at radius 3 is 2.88 bits per heavy atom. The van der Waals surface area contributed by atoms with E-state index in [1.54, 1.807) is 24.3 Å². The summed E-state index contributed by atoms with van der Waals surface area (Å²) in [5.41, 5.74) is 4.59. The van der Waals surface area contributed by atoms with E-state index in [1.165, 1.54) is 12.4 Å². The first kappa shape index (κ1) is 16.0. The van der Waals surface area contributed by atoms with Crippen LogP contribution in [0, 0.1) is 6.92 Å². The summed E-state index contributed by atoms with van der Waals surface area (Å²) in [6, 6.07) is 14.4. The molecule has 0 radical (unpaired) electrons. The fourth-order valence-corrected chi connectivity index (χ4v) is 2.23. The zero-order chi connectivity index (χ0) is 16.9. The number of rotatable bonds is 4. The summed E-state index contributed by atoms with van der Waals surface area (Å²) in [7, 11) is 0. The quantitative estimate of drug-likeness (QED) is 0.575. The van der Waals surface area contributed by atoms with Gasteiger partial charge in [0.15, 0.2) is 0 Å². The first-order valence-electron chi connectivity index (χ1n) is 7.24. The molecular weight excluding hydrogens is 326 g/mol. The van der Waals surface area contributed by atoms with Crippen LogP contribution in [0.1, 0.15) is 21.8 Å². The minimum atomic E-state index is -0.333. The lowest BCUT2D eigenvalue weighted by Crippen LogP contribution is -2.17. The molecule has 1 N–H and O–H groups in total. The Balaban J connectivity index is 1.65. The second kappa shape index (κ2) is 7.10. The molecule has 3 rings (SSSR count). The SMILES string of the molecule is Cc1ccc(C(=O)NN=Cc2ccc(-c3cccc(Cl)c3)o2)cn1. The van der Waals surface area contributed by atoms with Crippen molar-refractivity contribution in [3.63, 3.8) is 0 Å². The maximum Gasteiger partial charge on any atom is 0.272 e. The molecule has 6 heteroatoms. The number of nitrogens with one attached hydrogen (secondary N) is 1. The number of furan rings is 1. The van der Waals surface area contributed by atoms with Gasteiger partial charge >= 0.3 is 0 Å². The summed E-state index contributed by atoms with van der Waals surface area (Å²) < 4.78 is 5.66. The molecule has 0 bridgehead atoms. The molecule has 0 unspecified atom stereocenters. The van der Waals surface area contributed by atoms with Crippen LogP contribution in [-0.2, 0) is 0 Å². The molecule has 120 valence electrons. The van der Waals surface area contributed by atoms with Crippen molar-refractivity contribution in [1.29, 1.82) is 0 Å². The number of carbonyl (C=O) groups is 1. The van der Waals surface area contributed by atoms with Crippen LogP contribution >= 0.6 is 11.6 Å². The molecule has 1 aromatic carbocycles. The lowest BCUT2D eigenvalue weighted by molar-refractivity contribution is 0.0954. The Labute approximate surface area is 144 Å². The Bertz CT molecular complexity index is 885. The summed E-state index contributed by atoms with van der Waals surface area (Å²) in [5.74, 6) is 0.862. The van der Waals surface area contributed by atoms with E-state index < -0.39 is 0 Å². The number of pyridine rings is 1. The maximum absolute atomic E-state index is 11.9. The van der Waals surface area contributed by atoms with E-state index in [4.69, 9.17) is 16.0 Å². The molecule has 2 heterocycles. The van der Waals surface area contributed by atoms with Crippen LogP contribution < -0.4 is 5.43 Å². The predicted octanol–water partition coefficient (Wildman–Crippen LogP) is 4.07. The zero-order valence-corrected chi connectivity index (χ0v) is 13.6. The van der Waals surface area contributed by atoms with Crippen molar-refractivity contribution in [3.8, 4) is 11.3 Å². The number of halogens is 1. The normalized spacial score (nSPS) is 10.9. The van der Waals surface area contributed by atoms with E-state index in [0.717, 1.165) is 11.3 Å². The van der Waals surface area contributed by atoms with Crippen molar-refractivity contribution in [2.45, 2.75) is 6.92 Å². The molecule has 0 fully saturated rings.